The van der Waals surface area contributed by atoms with Crippen LogP contribution in [-0.2, 0) is 26.0 Å². The summed E-state index contributed by atoms with van der Waals surface area (Å²) in [5.74, 6) is -2.39. The number of rotatable bonds is 10. The number of benzene rings is 3. The van der Waals surface area contributed by atoms with E-state index in [0.717, 1.165) is 12.5 Å². The summed E-state index contributed by atoms with van der Waals surface area (Å²) in [6, 6.07) is 12.3. The van der Waals surface area contributed by atoms with Crippen LogP contribution in [0, 0.1) is 17.1 Å². The normalized spacial score (nSPS) is 11.0. The Hall–Kier alpha value is -3.36. The van der Waals surface area contributed by atoms with Crippen LogP contribution in [0.1, 0.15) is 37.3 Å². The predicted octanol–water partition coefficient (Wildman–Crippen LogP) is 6.97. The van der Waals surface area contributed by atoms with Gasteiger partial charge in [0.2, 0.25) is 11.8 Å². The Morgan fingerprint density at radius 2 is 1.80 bits per heavy atom. The molecule has 2 amide bonds. The second kappa shape index (κ2) is 13.3. The van der Waals surface area contributed by atoms with Crippen molar-refractivity contribution in [2.45, 2.75) is 37.5 Å². The third-order valence-corrected chi connectivity index (χ3v) is 8.27. The van der Waals surface area contributed by atoms with Gasteiger partial charge in [-0.25, -0.2) is 17.1 Å². The van der Waals surface area contributed by atoms with Gasteiger partial charge in [-0.05, 0) is 48.9 Å². The Morgan fingerprint density at radius 1 is 1.07 bits per heavy atom. The Kier molecular flexibility index (Phi) is 10.4. The minimum atomic E-state index is -4.15. The lowest BCUT2D eigenvalue weighted by Gasteiger charge is -2.18. The first-order valence-corrected chi connectivity index (χ1v) is 14.4. The quantitative estimate of drug-likeness (QED) is 0.260. The number of sulfonamides is 1. The molecule has 0 unspecified atom stereocenters. The Labute approximate surface area is 246 Å². The molecule has 3 aromatic rings. The maximum atomic E-state index is 15.3. The molecule has 0 aliphatic carbocycles. The van der Waals surface area contributed by atoms with E-state index >= 15 is 4.39 Å². The van der Waals surface area contributed by atoms with Gasteiger partial charge in [0.05, 0.1) is 38.7 Å². The highest BCUT2D eigenvalue weighted by atomic mass is 35.5. The van der Waals surface area contributed by atoms with Gasteiger partial charge in [-0.15, -0.1) is 0 Å². The van der Waals surface area contributed by atoms with E-state index in [1.807, 2.05) is 13.0 Å². The summed E-state index contributed by atoms with van der Waals surface area (Å²) >= 11 is 18.3. The van der Waals surface area contributed by atoms with Gasteiger partial charge in [0, 0.05) is 24.1 Å². The van der Waals surface area contributed by atoms with Crippen LogP contribution in [-0.4, -0.2) is 31.6 Å². The largest absolute Gasteiger partial charge is 0.453 e. The number of carbonyl (C=O) groups is 2. The fourth-order valence-electron chi connectivity index (χ4n) is 3.51. The first kappa shape index (κ1) is 31.2. The molecule has 8 nitrogen and oxygen atoms in total. The SMILES string of the molecule is CCCCC(=O)N(C)S(=O)(=O)c1ccc(NC(=O)Cc2ccc(Cl)c(Oc3cc(Cl)cc(C#N)c3)c2F)c(Cl)c1. The molecule has 13 heteroatoms. The number of ether oxygens (including phenoxy) is 1. The highest BCUT2D eigenvalue weighted by Crippen LogP contribution is 2.35. The zero-order valence-electron chi connectivity index (χ0n) is 21.3. The van der Waals surface area contributed by atoms with Crippen molar-refractivity contribution in [2.24, 2.45) is 0 Å². The van der Waals surface area contributed by atoms with E-state index in [1.54, 1.807) is 0 Å². The van der Waals surface area contributed by atoms with E-state index in [4.69, 9.17) is 44.8 Å². The van der Waals surface area contributed by atoms with Gasteiger partial charge in [-0.2, -0.15) is 5.26 Å². The molecule has 3 aromatic carbocycles. The molecule has 0 aliphatic heterocycles. The van der Waals surface area contributed by atoms with Crippen LogP contribution in [0.5, 0.6) is 11.5 Å². The minimum absolute atomic E-state index is 0.0537. The number of nitrogens with one attached hydrogen (secondary N) is 1. The molecule has 0 radical (unpaired) electrons. The van der Waals surface area contributed by atoms with Crippen LogP contribution in [0.4, 0.5) is 10.1 Å². The summed E-state index contributed by atoms with van der Waals surface area (Å²) in [6.45, 7) is 1.88. The van der Waals surface area contributed by atoms with Crippen molar-refractivity contribution < 1.29 is 27.1 Å². The molecule has 0 saturated carbocycles. The van der Waals surface area contributed by atoms with Gasteiger partial charge < -0.3 is 10.1 Å². The number of hydrogen-bond acceptors (Lipinski definition) is 6. The fourth-order valence-corrected chi connectivity index (χ4v) is 5.39. The zero-order chi connectivity index (χ0) is 29.6. The highest BCUT2D eigenvalue weighted by Gasteiger charge is 2.26. The van der Waals surface area contributed by atoms with Gasteiger partial charge in [-0.3, -0.25) is 9.59 Å². The average Bonchev–Trinajstić information content (AvgIpc) is 2.91. The number of halogens is 4. The van der Waals surface area contributed by atoms with Crippen molar-refractivity contribution >= 4 is 62.3 Å². The number of hydrogen-bond donors (Lipinski definition) is 1. The molecule has 0 heterocycles. The fraction of sp³-hybridized carbons (Fsp3) is 0.222. The van der Waals surface area contributed by atoms with Crippen molar-refractivity contribution in [1.82, 2.24) is 4.31 Å². The highest BCUT2D eigenvalue weighted by molar-refractivity contribution is 7.89. The number of amides is 2. The number of nitrogens with zero attached hydrogens (tertiary/aromatic N) is 2. The lowest BCUT2D eigenvalue weighted by molar-refractivity contribution is -0.125. The van der Waals surface area contributed by atoms with E-state index in [9.17, 15) is 18.0 Å². The number of unbranched alkanes of at least 4 members (excludes halogenated alkanes) is 1. The molecule has 3 rings (SSSR count). The monoisotopic (exact) mass is 625 g/mol. The van der Waals surface area contributed by atoms with Gasteiger partial charge in [-0.1, -0.05) is 54.2 Å². The molecule has 0 atom stereocenters. The maximum Gasteiger partial charge on any atom is 0.266 e. The molecule has 0 saturated heterocycles. The van der Waals surface area contributed by atoms with Crippen molar-refractivity contribution in [3.05, 3.63) is 80.5 Å². The van der Waals surface area contributed by atoms with Crippen LogP contribution in [0.2, 0.25) is 15.1 Å². The van der Waals surface area contributed by atoms with Crippen molar-refractivity contribution in [1.29, 1.82) is 5.26 Å². The Bertz CT molecular complexity index is 1610. The van der Waals surface area contributed by atoms with Gasteiger partial charge in [0.1, 0.15) is 5.75 Å². The minimum Gasteiger partial charge on any atom is -0.453 e. The predicted molar refractivity (Wildman–Crippen MR) is 151 cm³/mol. The molecule has 0 aromatic heterocycles. The van der Waals surface area contributed by atoms with Crippen LogP contribution >= 0.6 is 34.8 Å². The Morgan fingerprint density at radius 3 is 2.45 bits per heavy atom. The van der Waals surface area contributed by atoms with Crippen LogP contribution < -0.4 is 10.1 Å². The van der Waals surface area contributed by atoms with E-state index in [0.29, 0.717) is 10.7 Å². The third-order valence-electron chi connectivity index (χ3n) is 5.67. The second-order valence-electron chi connectivity index (χ2n) is 8.58. The molecular formula is C27H23Cl3FN3O5S. The molecule has 0 spiro atoms. The van der Waals surface area contributed by atoms with Crippen molar-refractivity contribution in [2.75, 3.05) is 12.4 Å². The first-order valence-electron chi connectivity index (χ1n) is 11.8. The van der Waals surface area contributed by atoms with E-state index < -0.39 is 34.1 Å². The molecule has 0 bridgehead atoms. The van der Waals surface area contributed by atoms with Crippen LogP contribution in [0.15, 0.2) is 53.4 Å². The number of carbonyl (C=O) groups excluding carboxylic acids is 2. The summed E-state index contributed by atoms with van der Waals surface area (Å²) in [4.78, 5) is 24.7. The molecule has 0 fully saturated rings. The standard InChI is InChI=1S/C27H23Cl3FN3O5S/c1-3-4-5-25(36)34(2)40(37,38)20-7-9-23(22(30)14-20)33-24(35)12-17-6-8-21(29)27(26(17)31)39-19-11-16(15-32)10-18(28)13-19/h6-11,13-14H,3-5,12H2,1-2H3,(H,33,35). The summed E-state index contributed by atoms with van der Waals surface area (Å²) in [5, 5.41) is 11.7. The van der Waals surface area contributed by atoms with Crippen LogP contribution in [0.25, 0.3) is 0 Å². The van der Waals surface area contributed by atoms with Gasteiger partial charge in [0.25, 0.3) is 10.0 Å². The topological polar surface area (TPSA) is 117 Å². The van der Waals surface area contributed by atoms with E-state index in [-0.39, 0.29) is 54.7 Å². The Balaban J connectivity index is 1.77. The van der Waals surface area contributed by atoms with E-state index in [2.05, 4.69) is 5.32 Å². The van der Waals surface area contributed by atoms with Gasteiger partial charge >= 0.3 is 0 Å². The molecular weight excluding hydrogens is 604 g/mol. The lowest BCUT2D eigenvalue weighted by Crippen LogP contribution is -2.33. The number of anilines is 1. The lowest BCUT2D eigenvalue weighted by atomic mass is 10.1. The summed E-state index contributed by atoms with van der Waals surface area (Å²) < 4.78 is 47.1. The first-order chi connectivity index (χ1) is 18.9. The zero-order valence-corrected chi connectivity index (χ0v) is 24.4. The molecule has 210 valence electrons. The summed E-state index contributed by atoms with van der Waals surface area (Å²) in [6.07, 6.45) is 0.930. The van der Waals surface area contributed by atoms with Crippen LogP contribution in [0.3, 0.4) is 0 Å². The summed E-state index contributed by atoms with van der Waals surface area (Å²) in [7, 11) is -2.98. The average molecular weight is 627 g/mol. The number of nitriles is 1. The summed E-state index contributed by atoms with van der Waals surface area (Å²) in [5.41, 5.74) is 0.223. The van der Waals surface area contributed by atoms with Gasteiger partial charge in [0.15, 0.2) is 11.6 Å². The molecule has 40 heavy (non-hydrogen) atoms. The van der Waals surface area contributed by atoms with Crippen molar-refractivity contribution in [3.8, 4) is 17.6 Å². The third kappa shape index (κ3) is 7.43. The van der Waals surface area contributed by atoms with E-state index in [1.165, 1.54) is 49.5 Å². The molecule has 0 aliphatic rings. The smallest absolute Gasteiger partial charge is 0.266 e. The second-order valence-corrected chi connectivity index (χ2v) is 11.8. The van der Waals surface area contributed by atoms with Crippen molar-refractivity contribution in [3.63, 3.8) is 0 Å². The molecule has 1 N–H and O–H groups in total. The maximum absolute atomic E-state index is 15.3.